The van der Waals surface area contributed by atoms with E-state index in [2.05, 4.69) is 15.0 Å². The lowest BCUT2D eigenvalue weighted by Crippen LogP contribution is -1.98. The Morgan fingerprint density at radius 3 is 2.43 bits per heavy atom. The maximum Gasteiger partial charge on any atom is 0.192 e. The summed E-state index contributed by atoms with van der Waals surface area (Å²) in [6.45, 7) is 6.06. The maximum absolute atomic E-state index is 6.01. The Morgan fingerprint density at radius 2 is 1.71 bits per heavy atom. The van der Waals surface area contributed by atoms with Crippen LogP contribution in [0.5, 0.6) is 0 Å². The fraction of sp³-hybridized carbons (Fsp3) is 0.188. The topological polar surface area (TPSA) is 64.7 Å². The average molecular weight is 296 g/mol. The normalized spacial score (nSPS) is 11.0. The Balaban J connectivity index is 2.09. The standard InChI is InChI=1S/C16H16N4S/c1-9-10(2)19-16(20-11(9)3)21-14-7-6-13(17)12-5-4-8-18-15(12)14/h4-8H,17H2,1-3H3. The Bertz CT molecular complexity index is 807. The number of benzene rings is 1. The van der Waals surface area contributed by atoms with Crippen LogP contribution in [0.25, 0.3) is 10.9 Å². The number of aryl methyl sites for hydroxylation is 2. The van der Waals surface area contributed by atoms with Crippen LogP contribution >= 0.6 is 11.8 Å². The van der Waals surface area contributed by atoms with Crippen molar-refractivity contribution in [1.29, 1.82) is 0 Å². The molecule has 2 heterocycles. The van der Waals surface area contributed by atoms with Gasteiger partial charge in [0.1, 0.15) is 0 Å². The summed E-state index contributed by atoms with van der Waals surface area (Å²) in [5.74, 6) is 0. The van der Waals surface area contributed by atoms with E-state index in [4.69, 9.17) is 5.73 Å². The molecule has 0 aliphatic carbocycles. The van der Waals surface area contributed by atoms with E-state index in [9.17, 15) is 0 Å². The highest BCUT2D eigenvalue weighted by atomic mass is 32.2. The molecule has 4 nitrogen and oxygen atoms in total. The Hall–Kier alpha value is -2.14. The second kappa shape index (κ2) is 5.33. The Kier molecular flexibility index (Phi) is 3.51. The number of aromatic nitrogens is 3. The predicted molar refractivity (Wildman–Crippen MR) is 86.5 cm³/mol. The van der Waals surface area contributed by atoms with Crippen LogP contribution in [0.1, 0.15) is 17.0 Å². The summed E-state index contributed by atoms with van der Waals surface area (Å²) in [5, 5.41) is 1.70. The molecule has 1 aromatic carbocycles. The van der Waals surface area contributed by atoms with E-state index >= 15 is 0 Å². The van der Waals surface area contributed by atoms with Crippen molar-refractivity contribution in [2.75, 3.05) is 5.73 Å². The average Bonchev–Trinajstić information content (AvgIpc) is 2.48. The number of nitrogens with two attached hydrogens (primary N) is 1. The van der Waals surface area contributed by atoms with Gasteiger partial charge in [-0.3, -0.25) is 4.98 Å². The van der Waals surface area contributed by atoms with Gasteiger partial charge >= 0.3 is 0 Å². The van der Waals surface area contributed by atoms with E-state index in [1.54, 1.807) is 6.20 Å². The molecule has 3 aromatic rings. The molecule has 0 amide bonds. The first kappa shape index (κ1) is 13.8. The molecule has 0 spiro atoms. The van der Waals surface area contributed by atoms with Gasteiger partial charge in [0.15, 0.2) is 5.16 Å². The van der Waals surface area contributed by atoms with Gasteiger partial charge in [0, 0.05) is 33.6 Å². The van der Waals surface area contributed by atoms with Gasteiger partial charge in [-0.1, -0.05) is 0 Å². The zero-order valence-corrected chi connectivity index (χ0v) is 13.0. The van der Waals surface area contributed by atoms with Gasteiger partial charge in [0.25, 0.3) is 0 Å². The SMILES string of the molecule is Cc1nc(Sc2ccc(N)c3cccnc23)nc(C)c1C. The molecule has 2 aromatic heterocycles. The lowest BCUT2D eigenvalue weighted by Gasteiger charge is -2.09. The molecule has 0 saturated carbocycles. The number of pyridine rings is 1. The van der Waals surface area contributed by atoms with E-state index in [0.29, 0.717) is 0 Å². The van der Waals surface area contributed by atoms with Crippen LogP contribution in [-0.4, -0.2) is 15.0 Å². The van der Waals surface area contributed by atoms with Gasteiger partial charge in [0.2, 0.25) is 0 Å². The maximum atomic E-state index is 6.01. The molecule has 0 unspecified atom stereocenters. The van der Waals surface area contributed by atoms with Crippen LogP contribution in [0.4, 0.5) is 5.69 Å². The summed E-state index contributed by atoms with van der Waals surface area (Å²) in [6, 6.07) is 7.75. The molecule has 0 bridgehead atoms. The number of fused-ring (bicyclic) bond motifs is 1. The number of rotatable bonds is 2. The van der Waals surface area contributed by atoms with Crippen molar-refractivity contribution in [3.8, 4) is 0 Å². The van der Waals surface area contributed by atoms with Crippen molar-refractivity contribution in [2.45, 2.75) is 30.8 Å². The van der Waals surface area contributed by atoms with E-state index in [-0.39, 0.29) is 0 Å². The van der Waals surface area contributed by atoms with Crippen molar-refractivity contribution in [3.63, 3.8) is 0 Å². The third-order valence-electron chi connectivity index (χ3n) is 3.58. The summed E-state index contributed by atoms with van der Waals surface area (Å²) in [7, 11) is 0. The zero-order valence-electron chi connectivity index (χ0n) is 12.2. The van der Waals surface area contributed by atoms with Crippen LogP contribution in [0.2, 0.25) is 0 Å². The zero-order chi connectivity index (χ0) is 15.0. The lowest BCUT2D eigenvalue weighted by molar-refractivity contribution is 0.881. The van der Waals surface area contributed by atoms with Crippen molar-refractivity contribution in [3.05, 3.63) is 47.4 Å². The first-order valence-corrected chi connectivity index (χ1v) is 7.51. The Labute approximate surface area is 127 Å². The Morgan fingerprint density at radius 1 is 1.00 bits per heavy atom. The molecule has 0 aliphatic rings. The van der Waals surface area contributed by atoms with E-state index in [0.717, 1.165) is 43.6 Å². The van der Waals surface area contributed by atoms with Crippen molar-refractivity contribution < 1.29 is 0 Å². The van der Waals surface area contributed by atoms with Crippen LogP contribution in [0, 0.1) is 20.8 Å². The van der Waals surface area contributed by atoms with E-state index in [1.165, 1.54) is 11.8 Å². The monoisotopic (exact) mass is 296 g/mol. The summed E-state index contributed by atoms with van der Waals surface area (Å²) < 4.78 is 0. The van der Waals surface area contributed by atoms with Gasteiger partial charge in [-0.05, 0) is 62.4 Å². The highest BCUT2D eigenvalue weighted by Crippen LogP contribution is 2.33. The third-order valence-corrected chi connectivity index (χ3v) is 4.49. The summed E-state index contributed by atoms with van der Waals surface area (Å²) in [4.78, 5) is 14.6. The number of nitrogen functional groups attached to an aromatic ring is 1. The van der Waals surface area contributed by atoms with Gasteiger partial charge in [0.05, 0.1) is 5.52 Å². The summed E-state index contributed by atoms with van der Waals surface area (Å²) in [6.07, 6.45) is 1.78. The van der Waals surface area contributed by atoms with Crippen LogP contribution < -0.4 is 5.73 Å². The van der Waals surface area contributed by atoms with Gasteiger partial charge in [-0.15, -0.1) is 0 Å². The van der Waals surface area contributed by atoms with Gasteiger partial charge in [-0.25, -0.2) is 9.97 Å². The quantitative estimate of drug-likeness (QED) is 0.577. The number of nitrogens with zero attached hydrogens (tertiary/aromatic N) is 3. The van der Waals surface area contributed by atoms with Crippen molar-refractivity contribution >= 4 is 28.4 Å². The minimum absolute atomic E-state index is 0.736. The minimum atomic E-state index is 0.736. The summed E-state index contributed by atoms with van der Waals surface area (Å²) >= 11 is 1.52. The lowest BCUT2D eigenvalue weighted by atomic mass is 10.2. The molecule has 5 heteroatoms. The number of hydrogen-bond donors (Lipinski definition) is 1. The molecule has 0 radical (unpaired) electrons. The van der Waals surface area contributed by atoms with Crippen molar-refractivity contribution in [2.24, 2.45) is 0 Å². The van der Waals surface area contributed by atoms with Crippen molar-refractivity contribution in [1.82, 2.24) is 15.0 Å². The minimum Gasteiger partial charge on any atom is -0.398 e. The summed E-state index contributed by atoms with van der Waals surface area (Å²) in [5.41, 5.74) is 10.8. The fourth-order valence-corrected chi connectivity index (χ4v) is 3.09. The highest BCUT2D eigenvalue weighted by Gasteiger charge is 2.10. The second-order valence-corrected chi connectivity index (χ2v) is 5.97. The molecule has 0 saturated heterocycles. The van der Waals surface area contributed by atoms with E-state index in [1.807, 2.05) is 45.0 Å². The highest BCUT2D eigenvalue weighted by molar-refractivity contribution is 7.99. The van der Waals surface area contributed by atoms with E-state index < -0.39 is 0 Å². The predicted octanol–water partition coefficient (Wildman–Crippen LogP) is 3.68. The molecule has 21 heavy (non-hydrogen) atoms. The van der Waals surface area contributed by atoms with Crippen LogP contribution in [0.15, 0.2) is 40.5 Å². The third kappa shape index (κ3) is 2.56. The molecule has 0 aliphatic heterocycles. The molecule has 2 N–H and O–H groups in total. The molecule has 0 fully saturated rings. The first-order chi connectivity index (χ1) is 10.1. The molecular formula is C16H16N4S. The smallest absolute Gasteiger partial charge is 0.192 e. The van der Waals surface area contributed by atoms with Crippen LogP contribution in [-0.2, 0) is 0 Å². The van der Waals surface area contributed by atoms with Crippen LogP contribution in [0.3, 0.4) is 0 Å². The number of hydrogen-bond acceptors (Lipinski definition) is 5. The molecule has 3 rings (SSSR count). The van der Waals surface area contributed by atoms with Gasteiger partial charge in [-0.2, -0.15) is 0 Å². The largest absolute Gasteiger partial charge is 0.398 e. The second-order valence-electron chi connectivity index (χ2n) is 4.96. The first-order valence-electron chi connectivity index (χ1n) is 6.69. The molecular weight excluding hydrogens is 280 g/mol. The number of anilines is 1. The molecule has 106 valence electrons. The van der Waals surface area contributed by atoms with Gasteiger partial charge < -0.3 is 5.73 Å². The molecule has 0 atom stereocenters. The fourth-order valence-electron chi connectivity index (χ4n) is 2.14.